The quantitative estimate of drug-likeness (QED) is 0.905. The molecule has 2 aromatic heterocycles. The van der Waals surface area contributed by atoms with Crippen molar-refractivity contribution in [1.29, 1.82) is 0 Å². The van der Waals surface area contributed by atoms with E-state index in [1.807, 2.05) is 6.92 Å². The van der Waals surface area contributed by atoms with Crippen molar-refractivity contribution in [3.8, 4) is 11.6 Å². The van der Waals surface area contributed by atoms with Crippen LogP contribution in [0.3, 0.4) is 0 Å². The van der Waals surface area contributed by atoms with Gasteiger partial charge in [0.25, 0.3) is 0 Å². The molecule has 0 unspecified atom stereocenters. The zero-order chi connectivity index (χ0) is 13.3. The molecule has 0 spiro atoms. The second kappa shape index (κ2) is 4.77. The van der Waals surface area contributed by atoms with Crippen LogP contribution in [0.25, 0.3) is 5.82 Å². The molecule has 0 amide bonds. The summed E-state index contributed by atoms with van der Waals surface area (Å²) in [6, 6.07) is 1.49. The zero-order valence-corrected chi connectivity index (χ0v) is 11.0. The first kappa shape index (κ1) is 12.6. The molecule has 2 heterocycles. The molecule has 6 nitrogen and oxygen atoms in total. The van der Waals surface area contributed by atoms with E-state index in [0.717, 1.165) is 0 Å². The minimum Gasteiger partial charge on any atom is -0.504 e. The first-order valence-corrected chi connectivity index (χ1v) is 5.98. The lowest BCUT2D eigenvalue weighted by Gasteiger charge is -2.07. The number of carbonyl (C=O) groups is 1. The third kappa shape index (κ3) is 2.21. The van der Waals surface area contributed by atoms with Crippen LogP contribution in [0.1, 0.15) is 23.2 Å². The number of rotatable bonds is 3. The van der Waals surface area contributed by atoms with E-state index in [2.05, 4.69) is 25.9 Å². The maximum atomic E-state index is 10.9. The summed E-state index contributed by atoms with van der Waals surface area (Å²) in [5, 5.41) is 18.7. The predicted molar refractivity (Wildman–Crippen MR) is 67.1 cm³/mol. The molecule has 0 saturated heterocycles. The Balaban J connectivity index is 2.58. The number of aromatic nitrogens is 3. The lowest BCUT2D eigenvalue weighted by Crippen LogP contribution is -2.01. The maximum Gasteiger partial charge on any atom is 0.356 e. The van der Waals surface area contributed by atoms with Crippen LogP contribution in [0, 0.1) is 0 Å². The molecule has 0 aliphatic carbocycles. The summed E-state index contributed by atoms with van der Waals surface area (Å²) in [4.78, 5) is 18.9. The third-order valence-electron chi connectivity index (χ3n) is 2.36. The van der Waals surface area contributed by atoms with Crippen LogP contribution in [-0.4, -0.2) is 30.7 Å². The van der Waals surface area contributed by atoms with Crippen LogP contribution >= 0.6 is 15.9 Å². The van der Waals surface area contributed by atoms with E-state index in [1.54, 1.807) is 0 Å². The molecule has 0 radical (unpaired) electrons. The van der Waals surface area contributed by atoms with Crippen LogP contribution in [0.2, 0.25) is 0 Å². The van der Waals surface area contributed by atoms with Gasteiger partial charge in [0.2, 0.25) is 0 Å². The van der Waals surface area contributed by atoms with Gasteiger partial charge in [-0.2, -0.15) is 0 Å². The van der Waals surface area contributed by atoms with Crippen molar-refractivity contribution in [3.63, 3.8) is 0 Å². The molecule has 94 valence electrons. The molecule has 0 atom stereocenters. The molecule has 0 saturated carbocycles. The Hall–Kier alpha value is -1.89. The Morgan fingerprint density at radius 3 is 2.83 bits per heavy atom. The van der Waals surface area contributed by atoms with Gasteiger partial charge in [-0.25, -0.2) is 14.8 Å². The Bertz CT molecular complexity index is 610. The minimum absolute atomic E-state index is 0.0478. The molecule has 18 heavy (non-hydrogen) atoms. The number of hydrogen-bond acceptors (Lipinski definition) is 4. The lowest BCUT2D eigenvalue weighted by atomic mass is 10.4. The molecule has 0 aliphatic heterocycles. The van der Waals surface area contributed by atoms with Crippen molar-refractivity contribution < 1.29 is 15.0 Å². The molecule has 0 bridgehead atoms. The number of aromatic hydroxyl groups is 1. The van der Waals surface area contributed by atoms with E-state index in [9.17, 15) is 9.90 Å². The first-order chi connectivity index (χ1) is 8.52. The summed E-state index contributed by atoms with van der Waals surface area (Å²) < 4.78 is 2.12. The highest BCUT2D eigenvalue weighted by Gasteiger charge is 2.16. The standard InChI is InChI=1S/C11H10BrN3O3/c1-2-9-14-7(11(17)18)5-15(9)10-8(16)3-6(12)4-13-10/h3-5,16H,2H2,1H3,(H,17,18). The van der Waals surface area contributed by atoms with Gasteiger partial charge in [-0.05, 0) is 22.0 Å². The number of carboxylic acid groups (broad SMARTS) is 1. The van der Waals surface area contributed by atoms with Crippen LogP contribution < -0.4 is 0 Å². The fourth-order valence-electron chi connectivity index (χ4n) is 1.56. The van der Waals surface area contributed by atoms with Crippen molar-refractivity contribution in [2.75, 3.05) is 0 Å². The first-order valence-electron chi connectivity index (χ1n) is 5.19. The van der Waals surface area contributed by atoms with Crippen LogP contribution in [-0.2, 0) is 6.42 Å². The summed E-state index contributed by atoms with van der Waals surface area (Å²) in [5.74, 6) is -0.374. The van der Waals surface area contributed by atoms with Gasteiger partial charge in [0, 0.05) is 23.3 Å². The topological polar surface area (TPSA) is 88.2 Å². The fraction of sp³-hybridized carbons (Fsp3) is 0.182. The number of pyridine rings is 1. The van der Waals surface area contributed by atoms with E-state index in [0.29, 0.717) is 16.7 Å². The number of hydrogen-bond donors (Lipinski definition) is 2. The Morgan fingerprint density at radius 1 is 1.56 bits per heavy atom. The second-order valence-corrected chi connectivity index (χ2v) is 4.48. The molecular formula is C11H10BrN3O3. The Kier molecular flexibility index (Phi) is 3.33. The highest BCUT2D eigenvalue weighted by Crippen LogP contribution is 2.24. The SMILES string of the molecule is CCc1nc(C(=O)O)cn1-c1ncc(Br)cc1O. The van der Waals surface area contributed by atoms with Gasteiger partial charge >= 0.3 is 5.97 Å². The Morgan fingerprint density at radius 2 is 2.28 bits per heavy atom. The molecule has 2 aromatic rings. The molecule has 0 fully saturated rings. The highest BCUT2D eigenvalue weighted by molar-refractivity contribution is 9.10. The van der Waals surface area contributed by atoms with Crippen molar-refractivity contribution in [1.82, 2.24) is 14.5 Å². The van der Waals surface area contributed by atoms with Crippen LogP contribution in [0.4, 0.5) is 0 Å². The lowest BCUT2D eigenvalue weighted by molar-refractivity contribution is 0.0691. The van der Waals surface area contributed by atoms with E-state index < -0.39 is 5.97 Å². The third-order valence-corrected chi connectivity index (χ3v) is 2.79. The maximum absolute atomic E-state index is 10.9. The monoisotopic (exact) mass is 311 g/mol. The molecule has 2 rings (SSSR count). The Labute approximate surface area is 111 Å². The van der Waals surface area contributed by atoms with Gasteiger partial charge in [0.05, 0.1) is 0 Å². The van der Waals surface area contributed by atoms with Crippen molar-refractivity contribution in [2.45, 2.75) is 13.3 Å². The van der Waals surface area contributed by atoms with Gasteiger partial charge in [0.1, 0.15) is 5.82 Å². The molecule has 0 aromatic carbocycles. The van der Waals surface area contributed by atoms with Gasteiger partial charge in [0.15, 0.2) is 17.3 Å². The number of halogens is 1. The number of imidazole rings is 1. The number of aromatic carboxylic acids is 1. The van der Waals surface area contributed by atoms with E-state index in [4.69, 9.17) is 5.11 Å². The number of nitrogens with zero attached hydrogens (tertiary/aromatic N) is 3. The molecular weight excluding hydrogens is 302 g/mol. The van der Waals surface area contributed by atoms with Crippen molar-refractivity contribution in [3.05, 3.63) is 34.5 Å². The normalized spacial score (nSPS) is 10.6. The summed E-state index contributed by atoms with van der Waals surface area (Å²) in [5.41, 5.74) is -0.0732. The average molecular weight is 312 g/mol. The molecule has 7 heteroatoms. The van der Waals surface area contributed by atoms with E-state index >= 15 is 0 Å². The number of aryl methyl sites for hydroxylation is 1. The van der Waals surface area contributed by atoms with Crippen molar-refractivity contribution in [2.24, 2.45) is 0 Å². The van der Waals surface area contributed by atoms with Gasteiger partial charge < -0.3 is 10.2 Å². The van der Waals surface area contributed by atoms with Gasteiger partial charge in [-0.3, -0.25) is 4.57 Å². The summed E-state index contributed by atoms with van der Waals surface area (Å²) in [7, 11) is 0. The summed E-state index contributed by atoms with van der Waals surface area (Å²) in [6.45, 7) is 1.85. The van der Waals surface area contributed by atoms with E-state index in [1.165, 1.54) is 23.0 Å². The van der Waals surface area contributed by atoms with Gasteiger partial charge in [-0.15, -0.1) is 0 Å². The van der Waals surface area contributed by atoms with E-state index in [-0.39, 0.29) is 17.3 Å². The highest BCUT2D eigenvalue weighted by atomic mass is 79.9. The predicted octanol–water partition coefficient (Wildman–Crippen LogP) is 2.00. The molecule has 0 aliphatic rings. The molecule has 2 N–H and O–H groups in total. The van der Waals surface area contributed by atoms with Crippen molar-refractivity contribution >= 4 is 21.9 Å². The van der Waals surface area contributed by atoms with Crippen LogP contribution in [0.5, 0.6) is 5.75 Å². The summed E-state index contributed by atoms with van der Waals surface area (Å²) >= 11 is 3.19. The van der Waals surface area contributed by atoms with Gasteiger partial charge in [-0.1, -0.05) is 6.92 Å². The smallest absolute Gasteiger partial charge is 0.356 e. The largest absolute Gasteiger partial charge is 0.504 e. The second-order valence-electron chi connectivity index (χ2n) is 3.57. The minimum atomic E-state index is -1.11. The fourth-order valence-corrected chi connectivity index (χ4v) is 1.88. The summed E-state index contributed by atoms with van der Waals surface area (Å²) in [6.07, 6.45) is 3.40. The number of carboxylic acids is 1. The zero-order valence-electron chi connectivity index (χ0n) is 9.46. The average Bonchev–Trinajstić information content (AvgIpc) is 2.73. The van der Waals surface area contributed by atoms with Crippen LogP contribution in [0.15, 0.2) is 22.9 Å².